The molecule has 5 rings (SSSR count). The summed E-state index contributed by atoms with van der Waals surface area (Å²) < 4.78 is 20.9. The summed E-state index contributed by atoms with van der Waals surface area (Å²) in [6.07, 6.45) is -17.9. The normalized spacial score (nSPS) is 25.4. The monoisotopic (exact) mass is 1010 g/mol. The highest BCUT2D eigenvalue weighted by atomic mass is 16.6. The molecule has 2 heterocycles. The molecule has 13 atom stereocenters. The number of phenolic OH excluding ortho intramolecular Hbond substituents is 6. The highest BCUT2D eigenvalue weighted by Crippen LogP contribution is 2.40. The molecule has 2 fully saturated rings. The second kappa shape index (κ2) is 23.2. The highest BCUT2D eigenvalue weighted by molar-refractivity contribution is 6.06. The molecule has 0 saturated carbocycles. The Bertz CT molecular complexity index is 2470. The van der Waals surface area contributed by atoms with Crippen molar-refractivity contribution >= 4 is 35.6 Å². The van der Waals surface area contributed by atoms with Gasteiger partial charge in [0.15, 0.2) is 40.5 Å². The number of hydrogen-bond donors (Lipinski definition) is 19. The van der Waals surface area contributed by atoms with Crippen LogP contribution in [-0.2, 0) is 33.3 Å². The fraction of sp³-hybridized carbons (Fsp3) is 0.429. The lowest BCUT2D eigenvalue weighted by atomic mass is 9.90. The van der Waals surface area contributed by atoms with Crippen molar-refractivity contribution < 1.29 is 129 Å². The summed E-state index contributed by atoms with van der Waals surface area (Å²) in [6, 6.07) is -0.268. The molecule has 2 aliphatic heterocycles. The van der Waals surface area contributed by atoms with E-state index in [0.717, 1.165) is 36.4 Å². The van der Waals surface area contributed by atoms with Crippen LogP contribution in [0, 0.1) is 0 Å². The lowest BCUT2D eigenvalue weighted by Crippen LogP contribution is -2.55. The first-order valence-electron chi connectivity index (χ1n) is 20.8. The summed E-state index contributed by atoms with van der Waals surface area (Å²) in [5.41, 5.74) is -3.16. The standard InChI is InChI=1S/C42H49N3O26/c46-8-15(43-37(61)16-2-1-3-20(49)26(16)52)11-68-41(66)19(44-38(62)17-4-13(6-21(50)27(17)53)35-33(59)31(57)29(55)23(9-47)70-35)12-69-42(67)25(40(64)65)45-39(63)18-5-14(7-22(51)28(18)54)36-34(60)32(58)30(56)24(10-48)71-36/h1-7,15,19,23-25,29-36,46-60H,8-12H2,(H,43,61)(H,44,62)(H,45,63)(H,64,65)/t15-,19+,23-,24-,25+,29-,30-,31+,32+,33-,34-,35+,36+/m1/s1. The third kappa shape index (κ3) is 12.1. The summed E-state index contributed by atoms with van der Waals surface area (Å²) in [6.45, 7) is -5.14. The lowest BCUT2D eigenvalue weighted by Gasteiger charge is -2.40. The van der Waals surface area contributed by atoms with Gasteiger partial charge in [0.05, 0.1) is 42.6 Å². The lowest BCUT2D eigenvalue weighted by molar-refractivity contribution is -0.231. The molecule has 0 bridgehead atoms. The van der Waals surface area contributed by atoms with Crippen molar-refractivity contribution in [3.05, 3.63) is 70.3 Å². The van der Waals surface area contributed by atoms with E-state index < -0.39 is 199 Å². The number of esters is 2. The van der Waals surface area contributed by atoms with Gasteiger partial charge >= 0.3 is 17.9 Å². The van der Waals surface area contributed by atoms with Crippen LogP contribution in [0.15, 0.2) is 42.5 Å². The van der Waals surface area contributed by atoms with E-state index in [0.29, 0.717) is 0 Å². The largest absolute Gasteiger partial charge is 0.504 e. The van der Waals surface area contributed by atoms with Crippen molar-refractivity contribution in [2.24, 2.45) is 0 Å². The molecule has 19 N–H and O–H groups in total. The molecule has 388 valence electrons. The summed E-state index contributed by atoms with van der Waals surface area (Å²) >= 11 is 0. The topological polar surface area (TPSA) is 499 Å². The fourth-order valence-electron chi connectivity index (χ4n) is 7.20. The van der Waals surface area contributed by atoms with Crippen molar-refractivity contribution in [3.63, 3.8) is 0 Å². The fourth-order valence-corrected chi connectivity index (χ4v) is 7.20. The predicted octanol–water partition coefficient (Wildman–Crippen LogP) is -6.19. The summed E-state index contributed by atoms with van der Waals surface area (Å²) in [5, 5.41) is 169. The van der Waals surface area contributed by atoms with E-state index in [4.69, 9.17) is 18.9 Å². The number of aromatic hydroxyl groups is 6. The Morgan fingerprint density at radius 3 is 1.45 bits per heavy atom. The van der Waals surface area contributed by atoms with E-state index in [1.54, 1.807) is 5.32 Å². The van der Waals surface area contributed by atoms with Crippen LogP contribution in [-0.4, -0.2) is 217 Å². The quantitative estimate of drug-likeness (QED) is 0.0320. The Labute approximate surface area is 397 Å². The average Bonchev–Trinajstić information content (AvgIpc) is 3.33. The zero-order valence-electron chi connectivity index (χ0n) is 36.3. The van der Waals surface area contributed by atoms with Gasteiger partial charge in [-0.05, 0) is 47.5 Å². The van der Waals surface area contributed by atoms with Crippen molar-refractivity contribution in [1.29, 1.82) is 0 Å². The van der Waals surface area contributed by atoms with Gasteiger partial charge in [-0.15, -0.1) is 0 Å². The minimum absolute atomic E-state index is 0.370. The van der Waals surface area contributed by atoms with Crippen LogP contribution in [0.4, 0.5) is 0 Å². The van der Waals surface area contributed by atoms with Crippen LogP contribution in [0.1, 0.15) is 54.4 Å². The summed E-state index contributed by atoms with van der Waals surface area (Å²) in [4.78, 5) is 79.3. The van der Waals surface area contributed by atoms with Gasteiger partial charge in [0, 0.05) is 0 Å². The Kier molecular flexibility index (Phi) is 17.9. The van der Waals surface area contributed by atoms with E-state index in [2.05, 4.69) is 5.32 Å². The number of carbonyl (C=O) groups is 6. The number of aliphatic hydroxyl groups is 9. The number of ether oxygens (including phenoxy) is 4. The van der Waals surface area contributed by atoms with E-state index >= 15 is 0 Å². The van der Waals surface area contributed by atoms with E-state index in [1.807, 2.05) is 5.32 Å². The molecule has 0 spiro atoms. The number of carbonyl (C=O) groups excluding carboxylic acids is 5. The zero-order chi connectivity index (χ0) is 52.8. The second-order valence-electron chi connectivity index (χ2n) is 15.9. The minimum atomic E-state index is -2.76. The maximum absolute atomic E-state index is 13.8. The van der Waals surface area contributed by atoms with E-state index in [9.17, 15) is 110 Å². The second-order valence-corrected chi connectivity index (χ2v) is 15.9. The highest BCUT2D eigenvalue weighted by Gasteiger charge is 2.46. The van der Waals surface area contributed by atoms with Gasteiger partial charge in [-0.25, -0.2) is 14.4 Å². The molecule has 0 aliphatic carbocycles. The van der Waals surface area contributed by atoms with Gasteiger partial charge in [0.25, 0.3) is 17.7 Å². The van der Waals surface area contributed by atoms with Gasteiger partial charge in [0.2, 0.25) is 6.04 Å². The smallest absolute Gasteiger partial charge is 0.340 e. The molecule has 71 heavy (non-hydrogen) atoms. The first kappa shape index (κ1) is 54.8. The molecule has 3 aromatic rings. The Morgan fingerprint density at radius 2 is 0.986 bits per heavy atom. The van der Waals surface area contributed by atoms with Crippen molar-refractivity contribution in [2.45, 2.75) is 79.2 Å². The van der Waals surface area contributed by atoms with Gasteiger partial charge in [-0.2, -0.15) is 0 Å². The number of phenols is 6. The molecule has 0 unspecified atom stereocenters. The molecule has 0 aromatic heterocycles. The van der Waals surface area contributed by atoms with Crippen molar-refractivity contribution in [2.75, 3.05) is 33.0 Å². The van der Waals surface area contributed by atoms with Crippen LogP contribution in [0.3, 0.4) is 0 Å². The number of hydrogen-bond acceptors (Lipinski definition) is 25. The third-order valence-electron chi connectivity index (χ3n) is 11.1. The van der Waals surface area contributed by atoms with Crippen molar-refractivity contribution in [1.82, 2.24) is 16.0 Å². The minimum Gasteiger partial charge on any atom is -0.504 e. The van der Waals surface area contributed by atoms with Crippen LogP contribution >= 0.6 is 0 Å². The first-order valence-corrected chi connectivity index (χ1v) is 20.8. The number of rotatable bonds is 18. The maximum Gasteiger partial charge on any atom is 0.340 e. The molecule has 0 radical (unpaired) electrons. The molecule has 2 saturated heterocycles. The number of nitrogens with one attached hydrogen (secondary N) is 3. The van der Waals surface area contributed by atoms with Gasteiger partial charge < -0.3 is 117 Å². The van der Waals surface area contributed by atoms with Gasteiger partial charge in [-0.3, -0.25) is 14.4 Å². The van der Waals surface area contributed by atoms with E-state index in [1.165, 1.54) is 6.07 Å². The molecule has 29 heteroatoms. The number of carboxylic acids is 1. The number of carboxylic acid groups (broad SMARTS) is 1. The maximum atomic E-state index is 13.8. The van der Waals surface area contributed by atoms with Crippen molar-refractivity contribution in [3.8, 4) is 34.5 Å². The number of amides is 3. The number of aliphatic carboxylic acids is 1. The van der Waals surface area contributed by atoms with Gasteiger partial charge in [0.1, 0.15) is 74.3 Å². The number of para-hydroxylation sites is 1. The predicted molar refractivity (Wildman–Crippen MR) is 225 cm³/mol. The third-order valence-corrected chi connectivity index (χ3v) is 11.1. The van der Waals surface area contributed by atoms with Gasteiger partial charge in [-0.1, -0.05) is 6.07 Å². The zero-order valence-corrected chi connectivity index (χ0v) is 36.3. The van der Waals surface area contributed by atoms with Crippen LogP contribution < -0.4 is 16.0 Å². The molecule has 3 aromatic carbocycles. The number of aliphatic hydroxyl groups excluding tert-OH is 9. The Hall–Kier alpha value is -7.16. The summed E-state index contributed by atoms with van der Waals surface area (Å²) in [5.74, 6) is -16.1. The van der Waals surface area contributed by atoms with Crippen LogP contribution in [0.25, 0.3) is 0 Å². The van der Waals surface area contributed by atoms with Crippen LogP contribution in [0.2, 0.25) is 0 Å². The van der Waals surface area contributed by atoms with Crippen LogP contribution in [0.5, 0.6) is 34.5 Å². The molecular weight excluding hydrogens is 962 g/mol. The molecular formula is C42H49N3O26. The average molecular weight is 1010 g/mol. The molecule has 3 amide bonds. The number of benzene rings is 3. The molecule has 29 nitrogen and oxygen atoms in total. The summed E-state index contributed by atoms with van der Waals surface area (Å²) in [7, 11) is 0. The SMILES string of the molecule is O=C(N[C@H](CO)COC(=O)[C@H](COC(=O)[C@@H](NC(=O)c1cc([C@@H]2O[C@H](CO)[C@@H](O)[C@H](O)[C@H]2O)cc(O)c1O)C(=O)O)NC(=O)c1cc([C@@H]2O[C@H](CO)[C@@H](O)[C@H](O)[C@H]2O)cc(O)c1O)c1cccc(O)c1O. The van der Waals surface area contributed by atoms with E-state index in [-0.39, 0.29) is 11.1 Å². The molecule has 2 aliphatic rings. The first-order chi connectivity index (χ1) is 33.4. The Morgan fingerprint density at radius 1 is 0.535 bits per heavy atom. The Balaban J connectivity index is 1.40.